The van der Waals surface area contributed by atoms with E-state index in [0.29, 0.717) is 19.0 Å². The van der Waals surface area contributed by atoms with Gasteiger partial charge in [-0.05, 0) is 17.7 Å². The lowest BCUT2D eigenvalue weighted by molar-refractivity contribution is 0.0168. The van der Waals surface area contributed by atoms with Gasteiger partial charge in [-0.2, -0.15) is 0 Å². The highest BCUT2D eigenvalue weighted by molar-refractivity contribution is 5.98. The summed E-state index contributed by atoms with van der Waals surface area (Å²) in [5.74, 6) is 0.462. The minimum Gasteiger partial charge on any atom is -0.379 e. The van der Waals surface area contributed by atoms with Gasteiger partial charge in [0, 0.05) is 31.2 Å². The van der Waals surface area contributed by atoms with Gasteiger partial charge in [0.2, 0.25) is 5.78 Å². The molecule has 0 radical (unpaired) electrons. The summed E-state index contributed by atoms with van der Waals surface area (Å²) in [5.41, 5.74) is 1.92. The molecule has 1 saturated heterocycles. The average molecular weight is 347 g/mol. The molecule has 26 heavy (non-hydrogen) atoms. The molecule has 0 spiro atoms. The molecule has 0 aliphatic carbocycles. The molecule has 1 aliphatic heterocycles. The maximum absolute atomic E-state index is 13.5. The number of hydrogen-bond donors (Lipinski definition) is 0. The Labute approximate surface area is 152 Å². The van der Waals surface area contributed by atoms with Gasteiger partial charge < -0.3 is 4.74 Å². The van der Waals surface area contributed by atoms with Crippen LogP contribution in [0.1, 0.15) is 22.2 Å². The van der Waals surface area contributed by atoms with Crippen molar-refractivity contribution in [1.29, 1.82) is 0 Å². The summed E-state index contributed by atoms with van der Waals surface area (Å²) in [5, 5.41) is 0. The fraction of sp³-hybridized carbons (Fsp3) is 0.238. The molecule has 3 aromatic rings. The Morgan fingerprint density at radius 2 is 1.62 bits per heavy atom. The third kappa shape index (κ3) is 3.31. The number of hydrogen-bond acceptors (Lipinski definition) is 4. The zero-order chi connectivity index (χ0) is 17.8. The molecule has 2 heterocycles. The number of nitrogens with zero attached hydrogens (tertiary/aromatic N) is 3. The van der Waals surface area contributed by atoms with Crippen LogP contribution in [0.15, 0.2) is 73.1 Å². The normalized spacial score (nSPS) is 16.3. The highest BCUT2D eigenvalue weighted by atomic mass is 16.5. The van der Waals surface area contributed by atoms with Crippen molar-refractivity contribution in [1.82, 2.24) is 14.5 Å². The van der Waals surface area contributed by atoms with Crippen molar-refractivity contribution in [2.75, 3.05) is 26.3 Å². The predicted molar refractivity (Wildman–Crippen MR) is 99.5 cm³/mol. The highest BCUT2D eigenvalue weighted by Crippen LogP contribution is 2.26. The molecule has 5 heteroatoms. The first-order valence-electron chi connectivity index (χ1n) is 8.84. The van der Waals surface area contributed by atoms with E-state index < -0.39 is 0 Å². The Hall–Kier alpha value is -2.76. The first kappa shape index (κ1) is 16.7. The Balaban J connectivity index is 1.73. The third-order valence-electron chi connectivity index (χ3n) is 4.67. The molecule has 5 nitrogen and oxygen atoms in total. The molecular formula is C21H21N3O2. The van der Waals surface area contributed by atoms with Crippen molar-refractivity contribution < 1.29 is 9.53 Å². The number of benzene rings is 2. The Morgan fingerprint density at radius 1 is 0.962 bits per heavy atom. The van der Waals surface area contributed by atoms with E-state index in [1.807, 2.05) is 71.4 Å². The Bertz CT molecular complexity index is 855. The van der Waals surface area contributed by atoms with Gasteiger partial charge in [-0.15, -0.1) is 0 Å². The summed E-state index contributed by atoms with van der Waals surface area (Å²) in [6.45, 7) is 2.75. The molecule has 1 aromatic heterocycles. The number of aromatic nitrogens is 2. The summed E-state index contributed by atoms with van der Waals surface area (Å²) < 4.78 is 7.34. The summed E-state index contributed by atoms with van der Waals surface area (Å²) in [6, 6.07) is 19.4. The van der Waals surface area contributed by atoms with E-state index in [-0.39, 0.29) is 11.8 Å². The first-order chi connectivity index (χ1) is 12.8. The second kappa shape index (κ2) is 7.64. The van der Waals surface area contributed by atoms with Crippen molar-refractivity contribution in [2.24, 2.45) is 0 Å². The smallest absolute Gasteiger partial charge is 0.220 e. The molecule has 0 bridgehead atoms. The van der Waals surface area contributed by atoms with Crippen LogP contribution in [0.3, 0.4) is 0 Å². The van der Waals surface area contributed by atoms with Crippen LogP contribution in [0.4, 0.5) is 0 Å². The molecule has 0 amide bonds. The number of para-hydroxylation sites is 1. The number of rotatable bonds is 5. The van der Waals surface area contributed by atoms with Crippen LogP contribution in [-0.2, 0) is 4.74 Å². The quantitative estimate of drug-likeness (QED) is 0.665. The molecule has 0 saturated carbocycles. The maximum Gasteiger partial charge on any atom is 0.220 e. The molecule has 2 aromatic carbocycles. The van der Waals surface area contributed by atoms with E-state index in [9.17, 15) is 4.79 Å². The van der Waals surface area contributed by atoms with E-state index >= 15 is 0 Å². The lowest BCUT2D eigenvalue weighted by Gasteiger charge is -2.33. The molecule has 4 rings (SSSR count). The number of carbonyl (C=O) groups is 1. The second-order valence-electron chi connectivity index (χ2n) is 6.28. The van der Waals surface area contributed by atoms with E-state index in [1.165, 1.54) is 0 Å². The summed E-state index contributed by atoms with van der Waals surface area (Å²) in [6.07, 6.45) is 3.52. The minimum atomic E-state index is -0.357. The lowest BCUT2D eigenvalue weighted by atomic mass is 9.99. The maximum atomic E-state index is 13.5. The minimum absolute atomic E-state index is 0.00644. The SMILES string of the molecule is O=C(c1nccn1-c1ccccc1)[C@H](c1ccccc1)N1CCOCC1. The van der Waals surface area contributed by atoms with Crippen molar-refractivity contribution in [3.05, 3.63) is 84.4 Å². The van der Waals surface area contributed by atoms with Gasteiger partial charge in [0.05, 0.1) is 13.2 Å². The molecule has 1 fully saturated rings. The largest absolute Gasteiger partial charge is 0.379 e. The van der Waals surface area contributed by atoms with E-state index in [0.717, 1.165) is 24.3 Å². The molecular weight excluding hydrogens is 326 g/mol. The van der Waals surface area contributed by atoms with Gasteiger partial charge in [-0.3, -0.25) is 14.3 Å². The van der Waals surface area contributed by atoms with E-state index in [4.69, 9.17) is 4.74 Å². The Morgan fingerprint density at radius 3 is 2.31 bits per heavy atom. The number of imidazole rings is 1. The van der Waals surface area contributed by atoms with Gasteiger partial charge in [0.25, 0.3) is 0 Å². The molecule has 0 N–H and O–H groups in total. The predicted octanol–water partition coefficient (Wildman–Crippen LogP) is 3.13. The van der Waals surface area contributed by atoms with Crippen molar-refractivity contribution >= 4 is 5.78 Å². The summed E-state index contributed by atoms with van der Waals surface area (Å²) in [7, 11) is 0. The highest BCUT2D eigenvalue weighted by Gasteiger charge is 2.32. The van der Waals surface area contributed by atoms with Crippen LogP contribution < -0.4 is 0 Å². The van der Waals surface area contributed by atoms with Gasteiger partial charge in [0.15, 0.2) is 5.82 Å². The fourth-order valence-electron chi connectivity index (χ4n) is 3.40. The summed E-state index contributed by atoms with van der Waals surface area (Å²) in [4.78, 5) is 20.1. The van der Waals surface area contributed by atoms with Crippen LogP contribution in [0.2, 0.25) is 0 Å². The monoisotopic (exact) mass is 347 g/mol. The number of morpholine rings is 1. The zero-order valence-electron chi connectivity index (χ0n) is 14.5. The van der Waals surface area contributed by atoms with Gasteiger partial charge in [-0.25, -0.2) is 4.98 Å². The number of carbonyl (C=O) groups excluding carboxylic acids is 1. The number of ketones is 1. The topological polar surface area (TPSA) is 47.4 Å². The van der Waals surface area contributed by atoms with Crippen LogP contribution in [-0.4, -0.2) is 46.5 Å². The van der Waals surface area contributed by atoms with Crippen LogP contribution in [0.5, 0.6) is 0 Å². The van der Waals surface area contributed by atoms with Crippen LogP contribution in [0.25, 0.3) is 5.69 Å². The van der Waals surface area contributed by atoms with Gasteiger partial charge >= 0.3 is 0 Å². The summed E-state index contributed by atoms with van der Waals surface area (Å²) >= 11 is 0. The standard InChI is InChI=1S/C21H21N3O2/c25-20(21-22-11-12-24(21)18-9-5-2-6-10-18)19(17-7-3-1-4-8-17)23-13-15-26-16-14-23/h1-12,19H,13-16H2/t19-/m0/s1. The van der Waals surface area contributed by atoms with Crippen LogP contribution in [0, 0.1) is 0 Å². The zero-order valence-corrected chi connectivity index (χ0v) is 14.5. The van der Waals surface area contributed by atoms with Crippen molar-refractivity contribution in [2.45, 2.75) is 6.04 Å². The lowest BCUT2D eigenvalue weighted by Crippen LogP contribution is -2.42. The molecule has 0 unspecified atom stereocenters. The molecule has 132 valence electrons. The number of ether oxygens (including phenoxy) is 1. The number of Topliss-reactive ketones (excluding diaryl/α,β-unsaturated/α-hetero) is 1. The first-order valence-corrected chi connectivity index (χ1v) is 8.84. The van der Waals surface area contributed by atoms with E-state index in [1.54, 1.807) is 6.20 Å². The van der Waals surface area contributed by atoms with Gasteiger partial charge in [-0.1, -0.05) is 48.5 Å². The Kier molecular flexibility index (Phi) is 4.91. The van der Waals surface area contributed by atoms with Crippen molar-refractivity contribution in [3.63, 3.8) is 0 Å². The van der Waals surface area contributed by atoms with Crippen LogP contribution >= 0.6 is 0 Å². The van der Waals surface area contributed by atoms with E-state index in [2.05, 4.69) is 9.88 Å². The average Bonchev–Trinajstić information content (AvgIpc) is 3.20. The second-order valence-corrected chi connectivity index (χ2v) is 6.28. The molecule has 1 atom stereocenters. The van der Waals surface area contributed by atoms with Gasteiger partial charge in [0.1, 0.15) is 6.04 Å². The fourth-order valence-corrected chi connectivity index (χ4v) is 3.40. The molecule has 1 aliphatic rings. The third-order valence-corrected chi connectivity index (χ3v) is 4.67. The van der Waals surface area contributed by atoms with Crippen molar-refractivity contribution in [3.8, 4) is 5.69 Å².